The number of benzene rings is 1. The first-order chi connectivity index (χ1) is 15.8. The van der Waals surface area contributed by atoms with Crippen molar-refractivity contribution in [1.82, 2.24) is 14.8 Å². The van der Waals surface area contributed by atoms with Gasteiger partial charge < -0.3 is 19.4 Å². The number of carbonyl (C=O) groups is 1. The molecular formula is C25H35N3O4S. The summed E-state index contributed by atoms with van der Waals surface area (Å²) >= 11 is 1.31. The summed E-state index contributed by atoms with van der Waals surface area (Å²) in [6.45, 7) is 13.0. The van der Waals surface area contributed by atoms with Crippen molar-refractivity contribution < 1.29 is 14.3 Å². The summed E-state index contributed by atoms with van der Waals surface area (Å²) in [6, 6.07) is 8.51. The van der Waals surface area contributed by atoms with E-state index >= 15 is 0 Å². The zero-order chi connectivity index (χ0) is 24.1. The lowest BCUT2D eigenvalue weighted by Crippen LogP contribution is -2.42. The van der Waals surface area contributed by atoms with Crippen LogP contribution in [0, 0.1) is 0 Å². The quantitative estimate of drug-likeness (QED) is 0.426. The minimum absolute atomic E-state index is 0.170. The van der Waals surface area contributed by atoms with E-state index in [0.717, 1.165) is 22.1 Å². The highest BCUT2D eigenvalue weighted by Crippen LogP contribution is 2.39. The molecule has 2 heterocycles. The van der Waals surface area contributed by atoms with Gasteiger partial charge in [-0.2, -0.15) is 0 Å². The third-order valence-corrected chi connectivity index (χ3v) is 6.96. The topological polar surface area (TPSA) is 72.8 Å². The highest BCUT2D eigenvalue weighted by molar-refractivity contribution is 7.22. The first kappa shape index (κ1) is 25.2. The number of ether oxygens (including phenoxy) is 2. The van der Waals surface area contributed by atoms with Crippen LogP contribution in [0.15, 0.2) is 29.1 Å². The lowest BCUT2D eigenvalue weighted by Gasteiger charge is -2.30. The maximum Gasteiger partial charge on any atom is 0.265 e. The Hall–Kier alpha value is -2.42. The molecule has 0 aliphatic carbocycles. The zero-order valence-corrected chi connectivity index (χ0v) is 21.3. The van der Waals surface area contributed by atoms with Crippen molar-refractivity contribution in [2.45, 2.75) is 46.7 Å². The lowest BCUT2D eigenvalue weighted by molar-refractivity contribution is 0.0929. The van der Waals surface area contributed by atoms with Crippen LogP contribution in [0.3, 0.4) is 0 Å². The van der Waals surface area contributed by atoms with E-state index in [1.54, 1.807) is 11.6 Å². The van der Waals surface area contributed by atoms with Crippen LogP contribution < -0.4 is 15.6 Å². The average molecular weight is 474 g/mol. The minimum Gasteiger partial charge on any atom is -0.489 e. The largest absolute Gasteiger partial charge is 0.489 e. The number of thiophene rings is 1. The van der Waals surface area contributed by atoms with Gasteiger partial charge in [0.05, 0.1) is 16.8 Å². The predicted octanol–water partition coefficient (Wildman–Crippen LogP) is 4.02. The third-order valence-electron chi connectivity index (χ3n) is 5.76. The van der Waals surface area contributed by atoms with E-state index in [4.69, 9.17) is 9.47 Å². The molecule has 3 aromatic rings. The average Bonchev–Trinajstić information content (AvgIpc) is 3.17. The second kappa shape index (κ2) is 11.1. The predicted molar refractivity (Wildman–Crippen MR) is 136 cm³/mol. The monoisotopic (exact) mass is 473 g/mol. The molecule has 33 heavy (non-hydrogen) atoms. The van der Waals surface area contributed by atoms with E-state index in [0.29, 0.717) is 47.9 Å². The lowest BCUT2D eigenvalue weighted by atomic mass is 10.1. The molecule has 0 radical (unpaired) electrons. The van der Waals surface area contributed by atoms with Gasteiger partial charge >= 0.3 is 0 Å². The fourth-order valence-corrected chi connectivity index (χ4v) is 5.35. The number of nitrogens with one attached hydrogen (secondary N) is 1. The minimum atomic E-state index is -0.221. The van der Waals surface area contributed by atoms with E-state index in [1.165, 1.54) is 11.3 Å². The molecule has 3 rings (SSSR count). The molecule has 7 nitrogen and oxygen atoms in total. The number of para-hydroxylation sites is 1. The standard InChI is InChI=1S/C25H35N3O4S/c1-7-31-14-15-32-21-20-22(18-10-8-9-11-19(18)27(6)25(20)30)33-23(21)24(29)26-12-13-28(16(2)3)17(4)5/h8-11,16-17H,7,12-15H2,1-6H3,(H,26,29). The Labute approximate surface area is 199 Å². The molecule has 1 aromatic carbocycles. The first-order valence-electron chi connectivity index (χ1n) is 11.6. The molecule has 0 aliphatic heterocycles. The summed E-state index contributed by atoms with van der Waals surface area (Å²) in [6.07, 6.45) is 0. The van der Waals surface area contributed by atoms with Gasteiger partial charge in [0, 0.05) is 44.2 Å². The van der Waals surface area contributed by atoms with Crippen molar-refractivity contribution in [2.75, 3.05) is 32.9 Å². The number of aryl methyl sites for hydroxylation is 1. The molecule has 1 amide bonds. The summed E-state index contributed by atoms with van der Waals surface area (Å²) in [5.41, 5.74) is 0.657. The zero-order valence-electron chi connectivity index (χ0n) is 20.4. The van der Waals surface area contributed by atoms with Crippen LogP contribution >= 0.6 is 11.3 Å². The number of fused-ring (bicyclic) bond motifs is 3. The highest BCUT2D eigenvalue weighted by atomic mass is 32.1. The summed E-state index contributed by atoms with van der Waals surface area (Å²) in [5.74, 6) is 0.129. The normalized spacial score (nSPS) is 11.9. The molecule has 8 heteroatoms. The van der Waals surface area contributed by atoms with Crippen molar-refractivity contribution in [3.8, 4) is 5.75 Å². The number of hydrogen-bond acceptors (Lipinski definition) is 6. The summed E-state index contributed by atoms with van der Waals surface area (Å²) < 4.78 is 13.8. The number of nitrogens with zero attached hydrogens (tertiary/aromatic N) is 2. The third kappa shape index (κ3) is 5.39. The van der Waals surface area contributed by atoms with Crippen molar-refractivity contribution in [3.63, 3.8) is 0 Å². The van der Waals surface area contributed by atoms with E-state index in [1.807, 2.05) is 31.2 Å². The second-order valence-corrected chi connectivity index (χ2v) is 9.59. The van der Waals surface area contributed by atoms with Crippen molar-refractivity contribution >= 4 is 38.2 Å². The van der Waals surface area contributed by atoms with Crippen molar-refractivity contribution in [1.29, 1.82) is 0 Å². The molecule has 0 bridgehead atoms. The molecule has 0 atom stereocenters. The fraction of sp³-hybridized carbons (Fsp3) is 0.520. The van der Waals surface area contributed by atoms with Crippen LogP contribution in [0.5, 0.6) is 5.75 Å². The van der Waals surface area contributed by atoms with Gasteiger partial charge in [-0.25, -0.2) is 0 Å². The highest BCUT2D eigenvalue weighted by Gasteiger charge is 2.25. The van der Waals surface area contributed by atoms with Gasteiger partial charge in [-0.3, -0.25) is 14.5 Å². The number of carbonyl (C=O) groups excluding carboxylic acids is 1. The van der Waals surface area contributed by atoms with Gasteiger partial charge in [-0.05, 0) is 40.7 Å². The Morgan fingerprint density at radius 3 is 2.52 bits per heavy atom. The first-order valence-corrected chi connectivity index (χ1v) is 12.4. The van der Waals surface area contributed by atoms with E-state index in [9.17, 15) is 9.59 Å². The number of hydrogen-bond donors (Lipinski definition) is 1. The van der Waals surface area contributed by atoms with Gasteiger partial charge in [-0.1, -0.05) is 18.2 Å². The summed E-state index contributed by atoms with van der Waals surface area (Å²) in [5, 5.41) is 4.42. The Morgan fingerprint density at radius 1 is 1.15 bits per heavy atom. The van der Waals surface area contributed by atoms with Gasteiger partial charge in [0.15, 0.2) is 5.75 Å². The second-order valence-electron chi connectivity index (χ2n) is 8.57. The van der Waals surface area contributed by atoms with Gasteiger partial charge in [0.25, 0.3) is 11.5 Å². The molecule has 0 unspecified atom stereocenters. The van der Waals surface area contributed by atoms with Crippen LogP contribution in [-0.2, 0) is 11.8 Å². The van der Waals surface area contributed by atoms with E-state index in [2.05, 4.69) is 37.9 Å². The maximum atomic E-state index is 13.3. The van der Waals surface area contributed by atoms with Gasteiger partial charge in [0.1, 0.15) is 16.9 Å². The molecule has 2 aromatic heterocycles. The Morgan fingerprint density at radius 2 is 1.85 bits per heavy atom. The molecule has 0 fully saturated rings. The number of pyridine rings is 1. The number of aromatic nitrogens is 1. The number of amides is 1. The maximum absolute atomic E-state index is 13.3. The molecule has 180 valence electrons. The van der Waals surface area contributed by atoms with Crippen LogP contribution in [0.2, 0.25) is 0 Å². The molecule has 0 saturated heterocycles. The Kier molecular flexibility index (Phi) is 8.51. The van der Waals surface area contributed by atoms with E-state index < -0.39 is 0 Å². The van der Waals surface area contributed by atoms with Gasteiger partial charge in [-0.15, -0.1) is 11.3 Å². The molecular weight excluding hydrogens is 438 g/mol. The molecule has 0 aliphatic rings. The molecule has 0 spiro atoms. The fourth-order valence-electron chi connectivity index (χ4n) is 4.16. The summed E-state index contributed by atoms with van der Waals surface area (Å²) in [7, 11) is 1.75. The Balaban J connectivity index is 1.99. The van der Waals surface area contributed by atoms with E-state index in [-0.39, 0.29) is 18.1 Å². The molecule has 1 N–H and O–H groups in total. The SMILES string of the molecule is CCOCCOc1c(C(=O)NCCN(C(C)C)C(C)C)sc2c1c(=O)n(C)c1ccccc21. The summed E-state index contributed by atoms with van der Waals surface area (Å²) in [4.78, 5) is 29.3. The van der Waals surface area contributed by atoms with Crippen molar-refractivity contribution in [2.24, 2.45) is 7.05 Å². The van der Waals surface area contributed by atoms with Crippen LogP contribution in [0.25, 0.3) is 21.0 Å². The van der Waals surface area contributed by atoms with Crippen LogP contribution in [0.1, 0.15) is 44.3 Å². The van der Waals surface area contributed by atoms with Crippen molar-refractivity contribution in [3.05, 3.63) is 39.5 Å². The number of rotatable bonds is 11. The molecule has 0 saturated carbocycles. The van der Waals surface area contributed by atoms with Crippen LogP contribution in [-0.4, -0.2) is 60.4 Å². The smallest absolute Gasteiger partial charge is 0.265 e. The van der Waals surface area contributed by atoms with Crippen LogP contribution in [0.4, 0.5) is 0 Å². The Bertz CT molecular complexity index is 1160. The van der Waals surface area contributed by atoms with Gasteiger partial charge in [0.2, 0.25) is 0 Å².